The molecule has 0 saturated heterocycles. The van der Waals surface area contributed by atoms with E-state index in [-0.39, 0.29) is 17.3 Å². The summed E-state index contributed by atoms with van der Waals surface area (Å²) in [5.41, 5.74) is 0.442. The van der Waals surface area contributed by atoms with E-state index in [2.05, 4.69) is 10.4 Å². The number of hydrogen-bond donors (Lipinski definition) is 2. The molecule has 1 aliphatic carbocycles. The van der Waals surface area contributed by atoms with Crippen LogP contribution >= 0.6 is 11.6 Å². The Morgan fingerprint density at radius 3 is 2.55 bits per heavy atom. The fourth-order valence-corrected chi connectivity index (χ4v) is 3.30. The average molecular weight is 414 g/mol. The van der Waals surface area contributed by atoms with Crippen LogP contribution < -0.4 is 10.9 Å². The number of amides is 1. The van der Waals surface area contributed by atoms with Gasteiger partial charge in [-0.15, -0.1) is 0 Å². The first-order valence-electron chi connectivity index (χ1n) is 9.06. The van der Waals surface area contributed by atoms with Crippen molar-refractivity contribution in [3.63, 3.8) is 0 Å². The normalized spacial score (nSPS) is 18.2. The Balaban J connectivity index is 1.81. The Morgan fingerprint density at radius 2 is 1.90 bits per heavy atom. The van der Waals surface area contributed by atoms with E-state index in [1.165, 1.54) is 30.3 Å². The van der Waals surface area contributed by atoms with Gasteiger partial charge in [-0.05, 0) is 49.2 Å². The van der Waals surface area contributed by atoms with E-state index in [1.807, 2.05) is 0 Å². The van der Waals surface area contributed by atoms with Crippen molar-refractivity contribution in [2.45, 2.75) is 25.0 Å². The number of rotatable bonds is 4. The number of aliphatic hydroxyl groups is 1. The van der Waals surface area contributed by atoms with Crippen LogP contribution in [0, 0.1) is 5.82 Å². The van der Waals surface area contributed by atoms with Crippen LogP contribution in [-0.2, 0) is 0 Å². The first kappa shape index (κ1) is 19.3. The molecule has 1 aromatic heterocycles. The van der Waals surface area contributed by atoms with Gasteiger partial charge in [-0.2, -0.15) is 9.78 Å². The second-order valence-corrected chi connectivity index (χ2v) is 7.38. The molecule has 0 spiro atoms. The molecular weight excluding hydrogens is 397 g/mol. The Morgan fingerprint density at radius 1 is 1.17 bits per heavy atom. The first-order chi connectivity index (χ1) is 13.9. The number of benzene rings is 2. The van der Waals surface area contributed by atoms with Crippen LogP contribution in [0.3, 0.4) is 0 Å². The maximum atomic E-state index is 13.7. The van der Waals surface area contributed by atoms with E-state index < -0.39 is 23.4 Å². The zero-order chi connectivity index (χ0) is 20.5. The maximum Gasteiger partial charge on any atom is 0.284 e. The summed E-state index contributed by atoms with van der Waals surface area (Å²) in [5, 5.41) is 17.0. The largest absolute Gasteiger partial charge is 0.393 e. The molecule has 0 atom stereocenters. The number of hydrogen-bond acceptors (Lipinski definition) is 4. The maximum absolute atomic E-state index is 13.7. The number of halogens is 2. The molecule has 1 aliphatic rings. The van der Waals surface area contributed by atoms with Crippen molar-refractivity contribution in [1.82, 2.24) is 15.1 Å². The van der Waals surface area contributed by atoms with Crippen LogP contribution in [-0.4, -0.2) is 32.9 Å². The van der Waals surface area contributed by atoms with Crippen molar-refractivity contribution in [1.29, 1.82) is 0 Å². The number of aliphatic hydroxyl groups excluding tert-OH is 1. The van der Waals surface area contributed by atoms with E-state index in [4.69, 9.17) is 11.6 Å². The average Bonchev–Trinajstić information content (AvgIpc) is 2.67. The molecule has 2 aromatic carbocycles. The molecule has 8 heteroatoms. The van der Waals surface area contributed by atoms with E-state index in [0.29, 0.717) is 29.1 Å². The van der Waals surface area contributed by atoms with E-state index in [0.717, 1.165) is 4.68 Å². The second-order valence-electron chi connectivity index (χ2n) is 6.94. The third-order valence-electron chi connectivity index (χ3n) is 4.80. The number of nitrogens with one attached hydrogen (secondary N) is 1. The molecule has 1 heterocycles. The third kappa shape index (κ3) is 4.06. The van der Waals surface area contributed by atoms with Gasteiger partial charge in [0.15, 0.2) is 0 Å². The summed E-state index contributed by atoms with van der Waals surface area (Å²) in [7, 11) is 0. The Bertz CT molecular complexity index is 1120. The molecule has 2 N–H and O–H groups in total. The molecule has 29 heavy (non-hydrogen) atoms. The van der Waals surface area contributed by atoms with Gasteiger partial charge in [0.05, 0.1) is 17.5 Å². The van der Waals surface area contributed by atoms with Crippen molar-refractivity contribution in [2.24, 2.45) is 0 Å². The SMILES string of the molecule is O=C(N[C@H]1C[C@@H](O)C1)c1cc(-c2ccc(Cl)cc2)nn(-c2cccc(F)c2)c1=O. The minimum absolute atomic E-state index is 0.115. The highest BCUT2D eigenvalue weighted by Gasteiger charge is 2.29. The Kier molecular flexibility index (Phi) is 5.17. The van der Waals surface area contributed by atoms with Gasteiger partial charge in [0, 0.05) is 16.6 Å². The predicted molar refractivity (Wildman–Crippen MR) is 107 cm³/mol. The summed E-state index contributed by atoms with van der Waals surface area (Å²) in [4.78, 5) is 25.7. The third-order valence-corrected chi connectivity index (χ3v) is 5.05. The van der Waals surface area contributed by atoms with E-state index in [1.54, 1.807) is 24.3 Å². The van der Waals surface area contributed by atoms with Crippen LogP contribution in [0.1, 0.15) is 23.2 Å². The highest BCUT2D eigenvalue weighted by atomic mass is 35.5. The lowest BCUT2D eigenvalue weighted by Gasteiger charge is -2.31. The minimum Gasteiger partial charge on any atom is -0.393 e. The topological polar surface area (TPSA) is 84.2 Å². The van der Waals surface area contributed by atoms with Gasteiger partial charge in [0.1, 0.15) is 11.4 Å². The van der Waals surface area contributed by atoms with Crippen LogP contribution in [0.5, 0.6) is 0 Å². The number of nitrogens with zero attached hydrogens (tertiary/aromatic N) is 2. The smallest absolute Gasteiger partial charge is 0.284 e. The molecule has 0 radical (unpaired) electrons. The molecule has 1 saturated carbocycles. The Hall–Kier alpha value is -3.03. The zero-order valence-electron chi connectivity index (χ0n) is 15.2. The minimum atomic E-state index is -0.661. The van der Waals surface area contributed by atoms with Gasteiger partial charge in [-0.1, -0.05) is 29.8 Å². The molecule has 1 fully saturated rings. The summed E-state index contributed by atoms with van der Waals surface area (Å²) in [6, 6.07) is 13.4. The number of aromatic nitrogens is 2. The molecule has 0 aliphatic heterocycles. The number of carbonyl (C=O) groups is 1. The molecule has 0 unspecified atom stereocenters. The van der Waals surface area contributed by atoms with Crippen molar-refractivity contribution in [3.8, 4) is 16.9 Å². The lowest BCUT2D eigenvalue weighted by molar-refractivity contribution is 0.0562. The van der Waals surface area contributed by atoms with Crippen LogP contribution in [0.4, 0.5) is 4.39 Å². The summed E-state index contributed by atoms with van der Waals surface area (Å²) in [5.74, 6) is -1.09. The number of carbonyl (C=O) groups excluding carboxylic acids is 1. The standard InChI is InChI=1S/C21H17ClFN3O3/c22-13-6-4-12(5-7-13)19-11-18(20(28)24-15-9-17(27)10-15)21(29)26(25-19)16-3-1-2-14(23)8-16/h1-8,11,15,17,27H,9-10H2,(H,24,28)/t15-,17+. The molecule has 3 aromatic rings. The summed E-state index contributed by atoms with van der Waals surface area (Å²) in [6.07, 6.45) is 0.448. The molecule has 1 amide bonds. The second kappa shape index (κ2) is 7.77. The first-order valence-corrected chi connectivity index (χ1v) is 9.43. The molecule has 148 valence electrons. The molecular formula is C21H17ClFN3O3. The van der Waals surface area contributed by atoms with Crippen molar-refractivity contribution in [2.75, 3.05) is 0 Å². The van der Waals surface area contributed by atoms with Crippen LogP contribution in [0.2, 0.25) is 5.02 Å². The van der Waals surface area contributed by atoms with Gasteiger partial charge in [-0.3, -0.25) is 9.59 Å². The van der Waals surface area contributed by atoms with Gasteiger partial charge < -0.3 is 10.4 Å². The van der Waals surface area contributed by atoms with Crippen molar-refractivity contribution < 1.29 is 14.3 Å². The van der Waals surface area contributed by atoms with Gasteiger partial charge >= 0.3 is 0 Å². The fourth-order valence-electron chi connectivity index (χ4n) is 3.17. The quantitative estimate of drug-likeness (QED) is 0.688. The summed E-state index contributed by atoms with van der Waals surface area (Å²) >= 11 is 5.94. The zero-order valence-corrected chi connectivity index (χ0v) is 15.9. The predicted octanol–water partition coefficient (Wildman–Crippen LogP) is 2.95. The van der Waals surface area contributed by atoms with Gasteiger partial charge in [0.2, 0.25) is 0 Å². The van der Waals surface area contributed by atoms with Crippen LogP contribution in [0.15, 0.2) is 59.4 Å². The lowest BCUT2D eigenvalue weighted by Crippen LogP contribution is -2.48. The summed E-state index contributed by atoms with van der Waals surface area (Å²) in [6.45, 7) is 0. The monoisotopic (exact) mass is 413 g/mol. The summed E-state index contributed by atoms with van der Waals surface area (Å²) < 4.78 is 14.7. The highest BCUT2D eigenvalue weighted by molar-refractivity contribution is 6.30. The van der Waals surface area contributed by atoms with Gasteiger partial charge in [-0.25, -0.2) is 4.39 Å². The molecule has 4 rings (SSSR count). The van der Waals surface area contributed by atoms with E-state index >= 15 is 0 Å². The van der Waals surface area contributed by atoms with E-state index in [9.17, 15) is 19.1 Å². The van der Waals surface area contributed by atoms with Crippen molar-refractivity contribution in [3.05, 3.63) is 81.4 Å². The van der Waals surface area contributed by atoms with Gasteiger partial charge in [0.25, 0.3) is 11.5 Å². The molecule has 6 nitrogen and oxygen atoms in total. The molecule has 0 bridgehead atoms. The van der Waals surface area contributed by atoms with Crippen molar-refractivity contribution >= 4 is 17.5 Å². The lowest BCUT2D eigenvalue weighted by atomic mass is 9.89. The van der Waals surface area contributed by atoms with Crippen LogP contribution in [0.25, 0.3) is 16.9 Å². The Labute approximate surface area is 170 Å². The fraction of sp³-hybridized carbons (Fsp3) is 0.190. The highest BCUT2D eigenvalue weighted by Crippen LogP contribution is 2.22.